The van der Waals surface area contributed by atoms with Gasteiger partial charge in [-0.25, -0.2) is 0 Å². The number of benzene rings is 2. The number of halogens is 1. The summed E-state index contributed by atoms with van der Waals surface area (Å²) in [6, 6.07) is 17.4. The lowest BCUT2D eigenvalue weighted by Crippen LogP contribution is -2.32. The lowest BCUT2D eigenvalue weighted by Gasteiger charge is -2.18. The van der Waals surface area contributed by atoms with Crippen molar-refractivity contribution in [3.8, 4) is 0 Å². The maximum atomic E-state index is 12.6. The fraction of sp³-hybridized carbons (Fsp3) is 0.105. The first kappa shape index (κ1) is 14.8. The van der Waals surface area contributed by atoms with Gasteiger partial charge in [0.1, 0.15) is 0 Å². The van der Waals surface area contributed by atoms with Crippen LogP contribution in [0.2, 0.25) is 5.02 Å². The normalized spacial score (nSPS) is 18.9. The molecule has 3 heteroatoms. The van der Waals surface area contributed by atoms with Crippen LogP contribution in [-0.2, 0) is 4.79 Å². The Kier molecular flexibility index (Phi) is 4.52. The Hall–Kier alpha value is -2.16. The molecule has 0 saturated carbocycles. The summed E-state index contributed by atoms with van der Waals surface area (Å²) in [4.78, 5) is 12.6. The van der Waals surface area contributed by atoms with E-state index in [0.29, 0.717) is 18.1 Å². The molecule has 22 heavy (non-hydrogen) atoms. The molecule has 0 bridgehead atoms. The molecule has 2 nitrogen and oxygen atoms in total. The van der Waals surface area contributed by atoms with Crippen LogP contribution in [0.3, 0.4) is 0 Å². The lowest BCUT2D eigenvalue weighted by atomic mass is 9.95. The number of hydrogen-bond acceptors (Lipinski definition) is 2. The number of ketones is 1. The van der Waals surface area contributed by atoms with Gasteiger partial charge in [0.2, 0.25) is 0 Å². The number of carbonyl (C=O) groups is 1. The second kappa shape index (κ2) is 6.73. The first-order valence-electron chi connectivity index (χ1n) is 7.20. The van der Waals surface area contributed by atoms with Crippen LogP contribution in [0.1, 0.15) is 11.1 Å². The van der Waals surface area contributed by atoms with Crippen LogP contribution in [-0.4, -0.2) is 18.9 Å². The molecule has 1 aliphatic rings. The first-order chi connectivity index (χ1) is 10.7. The van der Waals surface area contributed by atoms with Crippen molar-refractivity contribution in [2.24, 2.45) is 0 Å². The van der Waals surface area contributed by atoms with E-state index in [0.717, 1.165) is 22.3 Å². The molecule has 1 N–H and O–H groups in total. The van der Waals surface area contributed by atoms with Gasteiger partial charge < -0.3 is 5.32 Å². The summed E-state index contributed by atoms with van der Waals surface area (Å²) in [5.41, 5.74) is 3.42. The monoisotopic (exact) mass is 309 g/mol. The minimum Gasteiger partial charge on any atom is -0.308 e. The molecule has 110 valence electrons. The minimum absolute atomic E-state index is 0.0857. The van der Waals surface area contributed by atoms with Crippen LogP contribution in [0.25, 0.3) is 12.2 Å². The van der Waals surface area contributed by atoms with E-state index in [9.17, 15) is 4.79 Å². The summed E-state index contributed by atoms with van der Waals surface area (Å²) in [7, 11) is 0. The van der Waals surface area contributed by atoms with Crippen LogP contribution in [0, 0.1) is 0 Å². The summed E-state index contributed by atoms with van der Waals surface area (Å²) < 4.78 is 0. The maximum Gasteiger partial charge on any atom is 0.187 e. The van der Waals surface area contributed by atoms with Crippen molar-refractivity contribution in [3.63, 3.8) is 0 Å². The molecule has 2 aromatic rings. The standard InChI is InChI=1S/C19H16ClNO/c20-18-9-5-4-8-15(18)11-17-13-21-12-16(19(17)22)10-14-6-2-1-3-7-14/h1-11,21H,12-13H2/b16-10+,17-11+. The molecule has 0 atom stereocenters. The van der Waals surface area contributed by atoms with Gasteiger partial charge in [-0.15, -0.1) is 0 Å². The van der Waals surface area contributed by atoms with Gasteiger partial charge >= 0.3 is 0 Å². The van der Waals surface area contributed by atoms with Crippen LogP contribution in [0.5, 0.6) is 0 Å². The highest BCUT2D eigenvalue weighted by Gasteiger charge is 2.20. The van der Waals surface area contributed by atoms with Gasteiger partial charge in [0.15, 0.2) is 5.78 Å². The smallest absolute Gasteiger partial charge is 0.187 e. The first-order valence-corrected chi connectivity index (χ1v) is 7.58. The second-order valence-electron chi connectivity index (χ2n) is 5.20. The average Bonchev–Trinajstić information content (AvgIpc) is 2.54. The zero-order valence-corrected chi connectivity index (χ0v) is 12.8. The Morgan fingerprint density at radius 2 is 1.50 bits per heavy atom. The molecule has 1 heterocycles. The van der Waals surface area contributed by atoms with Gasteiger partial charge in [-0.3, -0.25) is 4.79 Å². The van der Waals surface area contributed by atoms with E-state index in [2.05, 4.69) is 5.32 Å². The Bertz CT molecular complexity index is 747. The molecule has 3 rings (SSSR count). The fourth-order valence-corrected chi connectivity index (χ4v) is 2.65. The molecule has 0 aromatic heterocycles. The topological polar surface area (TPSA) is 29.1 Å². The average molecular weight is 310 g/mol. The van der Waals surface area contributed by atoms with Gasteiger partial charge in [-0.2, -0.15) is 0 Å². The van der Waals surface area contributed by atoms with Gasteiger partial charge in [0.25, 0.3) is 0 Å². The van der Waals surface area contributed by atoms with Gasteiger partial charge in [0.05, 0.1) is 0 Å². The van der Waals surface area contributed by atoms with E-state index in [1.54, 1.807) is 0 Å². The molecular formula is C19H16ClNO. The molecule has 1 fully saturated rings. The summed E-state index contributed by atoms with van der Waals surface area (Å²) in [6.07, 6.45) is 3.81. The Morgan fingerprint density at radius 3 is 2.23 bits per heavy atom. The van der Waals surface area contributed by atoms with Gasteiger partial charge in [0, 0.05) is 29.3 Å². The van der Waals surface area contributed by atoms with Crippen LogP contribution >= 0.6 is 11.6 Å². The van der Waals surface area contributed by atoms with E-state index in [-0.39, 0.29) is 5.78 Å². The number of Topliss-reactive ketones (excluding diaryl/α,β-unsaturated/α-hetero) is 1. The van der Waals surface area contributed by atoms with Crippen molar-refractivity contribution in [2.45, 2.75) is 0 Å². The molecule has 0 amide bonds. The van der Waals surface area contributed by atoms with Crippen molar-refractivity contribution in [3.05, 3.63) is 81.9 Å². The molecule has 0 spiro atoms. The van der Waals surface area contributed by atoms with Crippen molar-refractivity contribution in [1.29, 1.82) is 0 Å². The van der Waals surface area contributed by atoms with Crippen molar-refractivity contribution in [2.75, 3.05) is 13.1 Å². The maximum absolute atomic E-state index is 12.6. The fourth-order valence-electron chi connectivity index (χ4n) is 2.46. The number of piperidine rings is 1. The molecule has 0 unspecified atom stereocenters. The van der Waals surface area contributed by atoms with Crippen LogP contribution in [0.15, 0.2) is 65.7 Å². The van der Waals surface area contributed by atoms with E-state index in [1.807, 2.05) is 66.7 Å². The highest BCUT2D eigenvalue weighted by Crippen LogP contribution is 2.21. The quantitative estimate of drug-likeness (QED) is 0.850. The van der Waals surface area contributed by atoms with Crippen molar-refractivity contribution in [1.82, 2.24) is 5.32 Å². The van der Waals surface area contributed by atoms with Crippen molar-refractivity contribution < 1.29 is 4.79 Å². The highest BCUT2D eigenvalue weighted by atomic mass is 35.5. The van der Waals surface area contributed by atoms with E-state index >= 15 is 0 Å². The van der Waals surface area contributed by atoms with E-state index in [1.165, 1.54) is 0 Å². The molecule has 0 radical (unpaired) electrons. The summed E-state index contributed by atoms with van der Waals surface area (Å²) in [6.45, 7) is 1.16. The lowest BCUT2D eigenvalue weighted by molar-refractivity contribution is -0.112. The minimum atomic E-state index is 0.0857. The van der Waals surface area contributed by atoms with Gasteiger partial charge in [-0.1, -0.05) is 60.1 Å². The highest BCUT2D eigenvalue weighted by molar-refractivity contribution is 6.32. The van der Waals surface area contributed by atoms with Crippen LogP contribution < -0.4 is 5.32 Å². The predicted octanol–water partition coefficient (Wildman–Crippen LogP) is 3.98. The third kappa shape index (κ3) is 3.35. The second-order valence-corrected chi connectivity index (χ2v) is 5.61. The third-order valence-corrected chi connectivity index (χ3v) is 3.93. The Balaban J connectivity index is 1.90. The number of hydrogen-bond donors (Lipinski definition) is 1. The zero-order valence-electron chi connectivity index (χ0n) is 12.1. The molecule has 2 aromatic carbocycles. The summed E-state index contributed by atoms with van der Waals surface area (Å²) >= 11 is 6.17. The number of rotatable bonds is 2. The van der Waals surface area contributed by atoms with Gasteiger partial charge in [-0.05, 0) is 29.3 Å². The van der Waals surface area contributed by atoms with Crippen LogP contribution in [0.4, 0.5) is 0 Å². The number of nitrogens with one attached hydrogen (secondary N) is 1. The Morgan fingerprint density at radius 1 is 0.864 bits per heavy atom. The predicted molar refractivity (Wildman–Crippen MR) is 91.7 cm³/mol. The molecule has 1 aliphatic heterocycles. The van der Waals surface area contributed by atoms with Crippen molar-refractivity contribution >= 4 is 29.5 Å². The third-order valence-electron chi connectivity index (χ3n) is 3.59. The largest absolute Gasteiger partial charge is 0.308 e. The SMILES string of the molecule is O=C1/C(=C/c2ccccc2)CNC/C1=C\c1ccccc1Cl. The molecule has 0 aliphatic carbocycles. The summed E-state index contributed by atoms with van der Waals surface area (Å²) in [5, 5.41) is 3.93. The summed E-state index contributed by atoms with van der Waals surface area (Å²) in [5.74, 6) is 0.0857. The Labute approximate surface area is 135 Å². The molecular weight excluding hydrogens is 294 g/mol. The molecule has 1 saturated heterocycles. The number of carbonyl (C=O) groups excluding carboxylic acids is 1. The van der Waals surface area contributed by atoms with E-state index < -0.39 is 0 Å². The van der Waals surface area contributed by atoms with E-state index in [4.69, 9.17) is 11.6 Å². The zero-order chi connectivity index (χ0) is 15.4.